The highest BCUT2D eigenvalue weighted by molar-refractivity contribution is 4.91. The van der Waals surface area contributed by atoms with E-state index in [1.165, 1.54) is 77.7 Å². The Morgan fingerprint density at radius 3 is 2.39 bits per heavy atom. The summed E-state index contributed by atoms with van der Waals surface area (Å²) in [5.74, 6) is 0.916. The van der Waals surface area contributed by atoms with Gasteiger partial charge in [-0.1, -0.05) is 0 Å². The number of nitrogens with two attached hydrogens (primary N) is 1. The highest BCUT2D eigenvalue weighted by Gasteiger charge is 2.37. The molecule has 3 nitrogen and oxygen atoms in total. The van der Waals surface area contributed by atoms with E-state index in [0.717, 1.165) is 5.92 Å². The lowest BCUT2D eigenvalue weighted by molar-refractivity contribution is 0.0566. The molecule has 1 aliphatic carbocycles. The first-order chi connectivity index (χ1) is 8.76. The SMILES string of the molecule is NC1CCC2(CC1)CCN(CC1CCNC1)CC2. The van der Waals surface area contributed by atoms with E-state index in [-0.39, 0.29) is 0 Å². The first-order valence-electron chi connectivity index (χ1n) is 7.94. The van der Waals surface area contributed by atoms with Crippen LogP contribution in [-0.2, 0) is 0 Å². The van der Waals surface area contributed by atoms with Gasteiger partial charge >= 0.3 is 0 Å². The van der Waals surface area contributed by atoms with Crippen LogP contribution < -0.4 is 11.1 Å². The van der Waals surface area contributed by atoms with Gasteiger partial charge in [-0.3, -0.25) is 0 Å². The third-order valence-electron chi connectivity index (χ3n) is 5.69. The van der Waals surface area contributed by atoms with Crippen molar-refractivity contribution >= 4 is 0 Å². The Labute approximate surface area is 111 Å². The van der Waals surface area contributed by atoms with Crippen LogP contribution in [0.25, 0.3) is 0 Å². The molecule has 3 N–H and O–H groups in total. The fourth-order valence-electron chi connectivity index (χ4n) is 4.20. The molecule has 18 heavy (non-hydrogen) atoms. The summed E-state index contributed by atoms with van der Waals surface area (Å²) in [6.07, 6.45) is 9.58. The Hall–Kier alpha value is -0.120. The van der Waals surface area contributed by atoms with Crippen LogP contribution in [0.1, 0.15) is 44.9 Å². The second-order valence-electron chi connectivity index (χ2n) is 7.00. The first-order valence-corrected chi connectivity index (χ1v) is 7.94. The summed E-state index contributed by atoms with van der Waals surface area (Å²) in [6.45, 7) is 6.50. The molecule has 0 radical (unpaired) electrons. The maximum atomic E-state index is 6.04. The van der Waals surface area contributed by atoms with E-state index < -0.39 is 0 Å². The monoisotopic (exact) mass is 251 g/mol. The Kier molecular flexibility index (Phi) is 3.92. The van der Waals surface area contributed by atoms with Crippen molar-refractivity contribution in [2.45, 2.75) is 51.0 Å². The van der Waals surface area contributed by atoms with Crippen LogP contribution in [0.4, 0.5) is 0 Å². The zero-order chi connectivity index (χ0) is 12.4. The van der Waals surface area contributed by atoms with E-state index in [0.29, 0.717) is 11.5 Å². The summed E-state index contributed by atoms with van der Waals surface area (Å²) in [5.41, 5.74) is 6.72. The molecule has 1 saturated carbocycles. The molecule has 3 heteroatoms. The van der Waals surface area contributed by atoms with Gasteiger partial charge in [0.15, 0.2) is 0 Å². The van der Waals surface area contributed by atoms with Crippen molar-refractivity contribution in [3.63, 3.8) is 0 Å². The second kappa shape index (κ2) is 5.48. The Morgan fingerprint density at radius 1 is 1.06 bits per heavy atom. The summed E-state index contributed by atoms with van der Waals surface area (Å²) >= 11 is 0. The van der Waals surface area contributed by atoms with Gasteiger partial charge in [-0.15, -0.1) is 0 Å². The average Bonchev–Trinajstić information content (AvgIpc) is 2.89. The zero-order valence-corrected chi connectivity index (χ0v) is 11.7. The normalized spacial score (nSPS) is 34.2. The molecule has 1 spiro atoms. The molecular formula is C15H29N3. The smallest absolute Gasteiger partial charge is 0.00392 e. The number of piperidine rings is 1. The highest BCUT2D eigenvalue weighted by atomic mass is 15.1. The predicted molar refractivity (Wildman–Crippen MR) is 75.5 cm³/mol. The third-order valence-corrected chi connectivity index (χ3v) is 5.69. The molecule has 0 aromatic rings. The standard InChI is InChI=1S/C15H29N3/c16-14-1-4-15(5-2-14)6-9-18(10-7-15)12-13-3-8-17-11-13/h13-14,17H,1-12,16H2. The molecule has 3 fully saturated rings. The van der Waals surface area contributed by atoms with Gasteiger partial charge in [0, 0.05) is 12.6 Å². The lowest BCUT2D eigenvalue weighted by atomic mass is 9.67. The van der Waals surface area contributed by atoms with E-state index in [1.54, 1.807) is 0 Å². The van der Waals surface area contributed by atoms with Crippen molar-refractivity contribution in [1.82, 2.24) is 10.2 Å². The Bertz CT molecular complexity index is 255. The molecule has 0 bridgehead atoms. The van der Waals surface area contributed by atoms with E-state index in [4.69, 9.17) is 5.73 Å². The van der Waals surface area contributed by atoms with E-state index >= 15 is 0 Å². The molecule has 1 unspecified atom stereocenters. The zero-order valence-electron chi connectivity index (χ0n) is 11.7. The molecular weight excluding hydrogens is 222 g/mol. The molecule has 104 valence electrons. The number of nitrogens with one attached hydrogen (secondary N) is 1. The topological polar surface area (TPSA) is 41.3 Å². The van der Waals surface area contributed by atoms with E-state index in [2.05, 4.69) is 10.2 Å². The maximum Gasteiger partial charge on any atom is 0.00392 e. The minimum Gasteiger partial charge on any atom is -0.328 e. The summed E-state index contributed by atoms with van der Waals surface area (Å²) in [4.78, 5) is 2.72. The lowest BCUT2D eigenvalue weighted by Crippen LogP contribution is -2.45. The van der Waals surface area contributed by atoms with Gasteiger partial charge in [0.1, 0.15) is 0 Å². The lowest BCUT2D eigenvalue weighted by Gasteiger charge is -2.46. The van der Waals surface area contributed by atoms with Gasteiger partial charge in [0.25, 0.3) is 0 Å². The molecule has 0 aromatic heterocycles. The molecule has 2 heterocycles. The number of likely N-dealkylation sites (tertiary alicyclic amines) is 1. The fourth-order valence-corrected chi connectivity index (χ4v) is 4.20. The number of hydrogen-bond donors (Lipinski definition) is 2. The average molecular weight is 251 g/mol. The quantitative estimate of drug-likeness (QED) is 0.783. The van der Waals surface area contributed by atoms with Crippen molar-refractivity contribution in [3.8, 4) is 0 Å². The van der Waals surface area contributed by atoms with Crippen LogP contribution in [0.3, 0.4) is 0 Å². The Balaban J connectivity index is 1.45. The summed E-state index contributed by atoms with van der Waals surface area (Å²) in [6, 6.07) is 0.498. The minimum atomic E-state index is 0.498. The van der Waals surface area contributed by atoms with Gasteiger partial charge in [0.05, 0.1) is 0 Å². The molecule has 1 atom stereocenters. The van der Waals surface area contributed by atoms with Crippen LogP contribution in [0.2, 0.25) is 0 Å². The van der Waals surface area contributed by atoms with Crippen molar-refractivity contribution in [3.05, 3.63) is 0 Å². The van der Waals surface area contributed by atoms with E-state index in [9.17, 15) is 0 Å². The molecule has 2 aliphatic heterocycles. The summed E-state index contributed by atoms with van der Waals surface area (Å²) in [5, 5.41) is 3.48. The van der Waals surface area contributed by atoms with Crippen molar-refractivity contribution < 1.29 is 0 Å². The van der Waals surface area contributed by atoms with Crippen LogP contribution >= 0.6 is 0 Å². The van der Waals surface area contributed by atoms with Gasteiger partial charge in [0.2, 0.25) is 0 Å². The first kappa shape index (κ1) is 12.9. The van der Waals surface area contributed by atoms with Crippen LogP contribution in [0.15, 0.2) is 0 Å². The summed E-state index contributed by atoms with van der Waals surface area (Å²) < 4.78 is 0. The predicted octanol–water partition coefficient (Wildman–Crippen LogP) is 1.58. The molecule has 3 aliphatic rings. The van der Waals surface area contributed by atoms with Crippen LogP contribution in [-0.4, -0.2) is 43.7 Å². The number of hydrogen-bond acceptors (Lipinski definition) is 3. The molecule has 0 aromatic carbocycles. The van der Waals surface area contributed by atoms with E-state index in [1.807, 2.05) is 0 Å². The minimum absolute atomic E-state index is 0.498. The third kappa shape index (κ3) is 2.89. The number of rotatable bonds is 2. The Morgan fingerprint density at radius 2 is 1.78 bits per heavy atom. The second-order valence-corrected chi connectivity index (χ2v) is 7.00. The van der Waals surface area contributed by atoms with Gasteiger partial charge < -0.3 is 16.0 Å². The van der Waals surface area contributed by atoms with Gasteiger partial charge in [-0.25, -0.2) is 0 Å². The fraction of sp³-hybridized carbons (Fsp3) is 1.00. The largest absolute Gasteiger partial charge is 0.328 e. The van der Waals surface area contributed by atoms with Crippen molar-refractivity contribution in [2.24, 2.45) is 17.1 Å². The molecule has 2 saturated heterocycles. The molecule has 0 amide bonds. The highest BCUT2D eigenvalue weighted by Crippen LogP contribution is 2.44. The number of nitrogens with zero attached hydrogens (tertiary/aromatic N) is 1. The van der Waals surface area contributed by atoms with Crippen LogP contribution in [0, 0.1) is 11.3 Å². The molecule has 3 rings (SSSR count). The maximum absolute atomic E-state index is 6.04. The summed E-state index contributed by atoms with van der Waals surface area (Å²) in [7, 11) is 0. The van der Waals surface area contributed by atoms with Crippen molar-refractivity contribution in [2.75, 3.05) is 32.7 Å². The van der Waals surface area contributed by atoms with Gasteiger partial charge in [-0.2, -0.15) is 0 Å². The van der Waals surface area contributed by atoms with Crippen LogP contribution in [0.5, 0.6) is 0 Å². The van der Waals surface area contributed by atoms with Crippen molar-refractivity contribution in [1.29, 1.82) is 0 Å². The van der Waals surface area contributed by atoms with Gasteiger partial charge in [-0.05, 0) is 82.5 Å².